The summed E-state index contributed by atoms with van der Waals surface area (Å²) in [6, 6.07) is 15.3. The molecule has 1 aromatic heterocycles. The number of nitrogens with zero attached hydrogens (tertiary/aromatic N) is 3. The lowest BCUT2D eigenvalue weighted by Gasteiger charge is -2.26. The normalized spacial score (nSPS) is 16.8. The molecule has 2 aliphatic rings. The molecule has 1 saturated carbocycles. The van der Waals surface area contributed by atoms with Crippen LogP contribution >= 0.6 is 11.6 Å². The van der Waals surface area contributed by atoms with Gasteiger partial charge in [0.05, 0.1) is 0 Å². The minimum Gasteiger partial charge on any atom is -0.335 e. The van der Waals surface area contributed by atoms with E-state index in [0.29, 0.717) is 33.7 Å². The van der Waals surface area contributed by atoms with Crippen LogP contribution < -0.4 is 16.0 Å². The second-order valence-corrected chi connectivity index (χ2v) is 11.7. The Balaban J connectivity index is 1.19. The van der Waals surface area contributed by atoms with Crippen LogP contribution in [-0.2, 0) is 6.54 Å². The first-order chi connectivity index (χ1) is 20.2. The number of rotatable bonds is 7. The Morgan fingerprint density at radius 2 is 1.88 bits per heavy atom. The van der Waals surface area contributed by atoms with E-state index < -0.39 is 0 Å². The predicted octanol–water partition coefficient (Wildman–Crippen LogP) is 5.51. The Labute approximate surface area is 252 Å². The fourth-order valence-electron chi connectivity index (χ4n) is 5.04. The maximum absolute atomic E-state index is 13.1. The van der Waals surface area contributed by atoms with Crippen molar-refractivity contribution in [1.29, 1.82) is 0 Å². The highest BCUT2D eigenvalue weighted by atomic mass is 35.5. The van der Waals surface area contributed by atoms with E-state index in [9.17, 15) is 9.59 Å². The maximum Gasteiger partial charge on any atom is 0.320 e. The molecule has 9 heteroatoms. The van der Waals surface area contributed by atoms with Crippen molar-refractivity contribution in [2.24, 2.45) is 0 Å². The lowest BCUT2D eigenvalue weighted by molar-refractivity contribution is 0.102. The largest absolute Gasteiger partial charge is 0.335 e. The van der Waals surface area contributed by atoms with Gasteiger partial charge in [0.1, 0.15) is 5.82 Å². The Morgan fingerprint density at radius 1 is 1.05 bits per heavy atom. The van der Waals surface area contributed by atoms with Gasteiger partial charge in [-0.15, -0.1) is 0 Å². The maximum atomic E-state index is 13.1. The van der Waals surface area contributed by atoms with Crippen molar-refractivity contribution in [3.8, 4) is 11.8 Å². The topological polar surface area (TPSA) is 89.6 Å². The van der Waals surface area contributed by atoms with E-state index in [4.69, 9.17) is 11.6 Å². The van der Waals surface area contributed by atoms with Gasteiger partial charge in [-0.3, -0.25) is 15.0 Å². The number of pyridine rings is 1. The van der Waals surface area contributed by atoms with Crippen molar-refractivity contribution in [1.82, 2.24) is 20.1 Å². The van der Waals surface area contributed by atoms with Crippen molar-refractivity contribution in [3.63, 3.8) is 0 Å². The molecular weight excluding hydrogens is 548 g/mol. The average Bonchev–Trinajstić information content (AvgIpc) is 3.42. The molecule has 0 unspecified atom stereocenters. The Hall–Kier alpha value is -3.90. The first-order valence-electron chi connectivity index (χ1n) is 14.4. The summed E-state index contributed by atoms with van der Waals surface area (Å²) in [6.07, 6.45) is 5.98. The van der Waals surface area contributed by atoms with Crippen LogP contribution in [0.3, 0.4) is 0 Å². The number of hydrogen-bond donors (Lipinski definition) is 3. The molecule has 1 aliphatic heterocycles. The number of halogens is 1. The van der Waals surface area contributed by atoms with Gasteiger partial charge in [0.15, 0.2) is 0 Å². The van der Waals surface area contributed by atoms with Crippen LogP contribution in [0.1, 0.15) is 58.3 Å². The SMILES string of the molecule is Cc1ccc(C(=O)Nc2ccc(CN3CC[C@H](N(C)C)C3)c(Cl)c2)cc1C#Cc1ccc(NC(=O)NC2CCC2)nc1. The zero-order valence-corrected chi connectivity index (χ0v) is 25.1. The summed E-state index contributed by atoms with van der Waals surface area (Å²) < 4.78 is 0. The molecule has 2 heterocycles. The molecule has 1 saturated heterocycles. The minimum absolute atomic E-state index is 0.229. The Bertz CT molecular complexity index is 1510. The van der Waals surface area contributed by atoms with E-state index in [1.165, 1.54) is 0 Å². The predicted molar refractivity (Wildman–Crippen MR) is 168 cm³/mol. The van der Waals surface area contributed by atoms with Crippen molar-refractivity contribution in [2.45, 2.75) is 51.2 Å². The molecule has 3 aromatic rings. The third kappa shape index (κ3) is 7.68. The minimum atomic E-state index is -0.240. The van der Waals surface area contributed by atoms with Crippen LogP contribution in [0.25, 0.3) is 0 Å². The van der Waals surface area contributed by atoms with Gasteiger partial charge in [0.2, 0.25) is 0 Å². The van der Waals surface area contributed by atoms with Crippen LogP contribution in [0.5, 0.6) is 0 Å². The highest BCUT2D eigenvalue weighted by Gasteiger charge is 2.24. The standard InChI is InChI=1S/C33H37ClN6O2/c1-22-7-10-25(17-24(22)11-8-23-9-14-31(35-19-23)38-33(42)37-27-5-4-6-27)32(41)36-28-13-12-26(30(34)18-28)20-40-16-15-29(21-40)39(2)3/h7,9-10,12-14,17-19,27,29H,4-6,15-16,20-21H2,1-3H3,(H,36,41)(H2,35,37,38,42)/t29-/m0/s1. The van der Waals surface area contributed by atoms with Crippen molar-refractivity contribution >= 4 is 35.0 Å². The number of anilines is 2. The van der Waals surface area contributed by atoms with Crippen LogP contribution in [0, 0.1) is 18.8 Å². The van der Waals surface area contributed by atoms with Gasteiger partial charge in [-0.2, -0.15) is 0 Å². The smallest absolute Gasteiger partial charge is 0.320 e. The van der Waals surface area contributed by atoms with Gasteiger partial charge in [-0.1, -0.05) is 35.6 Å². The molecule has 0 radical (unpaired) electrons. The molecule has 1 aliphatic carbocycles. The third-order valence-electron chi connectivity index (χ3n) is 7.97. The summed E-state index contributed by atoms with van der Waals surface area (Å²) in [4.78, 5) is 34.1. The average molecular weight is 585 g/mol. The van der Waals surface area contributed by atoms with Crippen molar-refractivity contribution in [3.05, 3.63) is 87.6 Å². The second kappa shape index (κ2) is 13.4. The van der Waals surface area contributed by atoms with E-state index in [0.717, 1.165) is 62.0 Å². The summed E-state index contributed by atoms with van der Waals surface area (Å²) in [5, 5.41) is 9.28. The summed E-state index contributed by atoms with van der Waals surface area (Å²) in [6.45, 7) is 4.83. The van der Waals surface area contributed by atoms with E-state index in [-0.39, 0.29) is 18.0 Å². The number of carbonyl (C=O) groups excluding carboxylic acids is 2. The summed E-state index contributed by atoms with van der Waals surface area (Å²) in [7, 11) is 4.24. The molecule has 3 amide bonds. The van der Waals surface area contributed by atoms with Gasteiger partial charge in [0, 0.05) is 65.3 Å². The van der Waals surface area contributed by atoms with Crippen molar-refractivity contribution < 1.29 is 9.59 Å². The molecule has 0 bridgehead atoms. The summed E-state index contributed by atoms with van der Waals surface area (Å²) in [5.41, 5.74) is 4.62. The first kappa shape index (κ1) is 29.6. The number of nitrogens with one attached hydrogen (secondary N) is 3. The third-order valence-corrected chi connectivity index (χ3v) is 8.32. The fraction of sp³-hybridized carbons (Fsp3) is 0.364. The van der Waals surface area contributed by atoms with Gasteiger partial charge >= 0.3 is 6.03 Å². The summed E-state index contributed by atoms with van der Waals surface area (Å²) >= 11 is 6.61. The molecule has 5 rings (SSSR count). The number of aryl methyl sites for hydroxylation is 1. The molecule has 3 N–H and O–H groups in total. The van der Waals surface area contributed by atoms with Crippen LogP contribution in [0.15, 0.2) is 54.7 Å². The number of urea groups is 1. The Kier molecular flexibility index (Phi) is 9.43. The molecule has 1 atom stereocenters. The van der Waals surface area contributed by atoms with Gasteiger partial charge in [-0.25, -0.2) is 9.78 Å². The number of likely N-dealkylation sites (tertiary alicyclic amines) is 1. The van der Waals surface area contributed by atoms with Crippen molar-refractivity contribution in [2.75, 3.05) is 37.8 Å². The molecular formula is C33H37ClN6O2. The van der Waals surface area contributed by atoms with E-state index in [2.05, 4.69) is 56.7 Å². The molecule has 218 valence electrons. The van der Waals surface area contributed by atoms with Gasteiger partial charge < -0.3 is 15.5 Å². The van der Waals surface area contributed by atoms with Crippen LogP contribution in [-0.4, -0.2) is 66.0 Å². The first-order valence-corrected chi connectivity index (χ1v) is 14.8. The fourth-order valence-corrected chi connectivity index (χ4v) is 5.28. The summed E-state index contributed by atoms with van der Waals surface area (Å²) in [5.74, 6) is 6.49. The number of aromatic nitrogens is 1. The number of likely N-dealkylation sites (N-methyl/N-ethyl adjacent to an activating group) is 1. The zero-order valence-electron chi connectivity index (χ0n) is 24.3. The number of carbonyl (C=O) groups is 2. The molecule has 2 aromatic carbocycles. The second-order valence-electron chi connectivity index (χ2n) is 11.3. The lowest BCUT2D eigenvalue weighted by atomic mass is 9.93. The number of amides is 3. The molecule has 2 fully saturated rings. The highest BCUT2D eigenvalue weighted by Crippen LogP contribution is 2.25. The number of benzene rings is 2. The van der Waals surface area contributed by atoms with Crippen LogP contribution in [0.2, 0.25) is 5.02 Å². The zero-order chi connectivity index (χ0) is 29.6. The van der Waals surface area contributed by atoms with Crippen LogP contribution in [0.4, 0.5) is 16.3 Å². The van der Waals surface area contributed by atoms with Gasteiger partial charge in [-0.05, 0) is 94.2 Å². The monoisotopic (exact) mass is 584 g/mol. The lowest BCUT2D eigenvalue weighted by Crippen LogP contribution is -2.41. The number of hydrogen-bond acceptors (Lipinski definition) is 5. The molecule has 8 nitrogen and oxygen atoms in total. The van der Waals surface area contributed by atoms with E-state index in [1.54, 1.807) is 24.4 Å². The highest BCUT2D eigenvalue weighted by molar-refractivity contribution is 6.31. The van der Waals surface area contributed by atoms with E-state index in [1.807, 2.05) is 37.3 Å². The molecule has 0 spiro atoms. The molecule has 42 heavy (non-hydrogen) atoms. The quantitative estimate of drug-likeness (QED) is 0.319. The van der Waals surface area contributed by atoms with Gasteiger partial charge in [0.25, 0.3) is 5.91 Å². The Morgan fingerprint density at radius 3 is 2.55 bits per heavy atom. The van der Waals surface area contributed by atoms with E-state index >= 15 is 0 Å².